The molecule has 0 atom stereocenters. The van der Waals surface area contributed by atoms with Crippen molar-refractivity contribution in [1.29, 1.82) is 0 Å². The molecular formula is C20H15NO2. The third-order valence-corrected chi connectivity index (χ3v) is 3.91. The number of ether oxygens (including phenoxy) is 1. The molecule has 0 saturated heterocycles. The fourth-order valence-electron chi connectivity index (χ4n) is 2.66. The predicted octanol–water partition coefficient (Wildman–Crippen LogP) is 5.17. The van der Waals surface area contributed by atoms with Gasteiger partial charge in [0.25, 0.3) is 0 Å². The molecule has 1 heterocycles. The van der Waals surface area contributed by atoms with E-state index in [0.717, 1.165) is 39.1 Å². The smallest absolute Gasteiger partial charge is 0.167 e. The second kappa shape index (κ2) is 5.61. The molecule has 0 aliphatic carbocycles. The van der Waals surface area contributed by atoms with Crippen LogP contribution >= 0.6 is 0 Å². The van der Waals surface area contributed by atoms with Gasteiger partial charge in [-0.1, -0.05) is 53.7 Å². The molecule has 3 nitrogen and oxygen atoms in total. The molecule has 0 radical (unpaired) electrons. The van der Waals surface area contributed by atoms with Gasteiger partial charge in [0, 0.05) is 17.2 Å². The Balaban J connectivity index is 1.73. The quantitative estimate of drug-likeness (QED) is 0.523. The first-order valence-corrected chi connectivity index (χ1v) is 7.44. The maximum atomic E-state index is 5.52. The lowest BCUT2D eigenvalue weighted by atomic mass is 10.0. The number of aromatic nitrogens is 1. The van der Waals surface area contributed by atoms with Crippen molar-refractivity contribution in [3.63, 3.8) is 0 Å². The second-order valence-electron chi connectivity index (χ2n) is 5.37. The predicted molar refractivity (Wildman–Crippen MR) is 91.4 cm³/mol. The molecule has 0 bridgehead atoms. The Morgan fingerprint density at radius 2 is 1.57 bits per heavy atom. The van der Waals surface area contributed by atoms with Crippen LogP contribution in [0.4, 0.5) is 0 Å². The van der Waals surface area contributed by atoms with Gasteiger partial charge >= 0.3 is 0 Å². The molecular weight excluding hydrogens is 286 g/mol. The van der Waals surface area contributed by atoms with Crippen molar-refractivity contribution in [3.05, 3.63) is 72.8 Å². The second-order valence-corrected chi connectivity index (χ2v) is 5.37. The molecule has 0 N–H and O–H groups in total. The van der Waals surface area contributed by atoms with Crippen molar-refractivity contribution in [1.82, 2.24) is 5.16 Å². The van der Waals surface area contributed by atoms with Crippen LogP contribution in [0.5, 0.6) is 5.75 Å². The number of hydrogen-bond donors (Lipinski definition) is 0. The van der Waals surface area contributed by atoms with Crippen LogP contribution in [0.3, 0.4) is 0 Å². The highest BCUT2D eigenvalue weighted by Gasteiger charge is 2.09. The molecule has 0 unspecified atom stereocenters. The lowest BCUT2D eigenvalue weighted by molar-refractivity contribution is 0.415. The number of nitrogens with zero attached hydrogens (tertiary/aromatic N) is 1. The summed E-state index contributed by atoms with van der Waals surface area (Å²) in [6.45, 7) is 0. The van der Waals surface area contributed by atoms with Crippen LogP contribution in [-0.2, 0) is 0 Å². The first kappa shape index (κ1) is 13.6. The summed E-state index contributed by atoms with van der Waals surface area (Å²) in [7, 11) is 1.68. The fourth-order valence-corrected chi connectivity index (χ4v) is 2.66. The molecule has 0 saturated carbocycles. The number of rotatable bonds is 3. The standard InChI is InChI=1S/C20H15NO2/c1-22-18-10-9-15-11-17(8-7-16(15)12-18)20-13-19(21-23-20)14-5-3-2-4-6-14/h2-13H,1H3. The Hall–Kier alpha value is -3.07. The van der Waals surface area contributed by atoms with E-state index in [-0.39, 0.29) is 0 Å². The van der Waals surface area contributed by atoms with Crippen molar-refractivity contribution < 1.29 is 9.26 Å². The summed E-state index contributed by atoms with van der Waals surface area (Å²) >= 11 is 0. The number of methoxy groups -OCH3 is 1. The lowest BCUT2D eigenvalue weighted by Crippen LogP contribution is -1.82. The van der Waals surface area contributed by atoms with E-state index in [4.69, 9.17) is 9.26 Å². The van der Waals surface area contributed by atoms with Crippen LogP contribution in [0.2, 0.25) is 0 Å². The normalized spacial score (nSPS) is 10.8. The van der Waals surface area contributed by atoms with E-state index in [1.54, 1.807) is 7.11 Å². The van der Waals surface area contributed by atoms with Crippen LogP contribution in [-0.4, -0.2) is 12.3 Å². The molecule has 3 aromatic carbocycles. The topological polar surface area (TPSA) is 35.3 Å². The summed E-state index contributed by atoms with van der Waals surface area (Å²) in [5, 5.41) is 6.45. The number of fused-ring (bicyclic) bond motifs is 1. The molecule has 23 heavy (non-hydrogen) atoms. The minimum Gasteiger partial charge on any atom is -0.497 e. The van der Waals surface area contributed by atoms with Gasteiger partial charge in [0.15, 0.2) is 5.76 Å². The van der Waals surface area contributed by atoms with Crippen LogP contribution in [0.25, 0.3) is 33.4 Å². The highest BCUT2D eigenvalue weighted by Crippen LogP contribution is 2.29. The largest absolute Gasteiger partial charge is 0.497 e. The number of benzene rings is 3. The molecule has 0 fully saturated rings. The first-order valence-electron chi connectivity index (χ1n) is 7.44. The molecule has 0 amide bonds. The highest BCUT2D eigenvalue weighted by molar-refractivity contribution is 5.88. The van der Waals surface area contributed by atoms with Gasteiger partial charge < -0.3 is 9.26 Å². The summed E-state index contributed by atoms with van der Waals surface area (Å²) < 4.78 is 10.8. The molecule has 4 aromatic rings. The summed E-state index contributed by atoms with van der Waals surface area (Å²) in [5.41, 5.74) is 2.90. The maximum Gasteiger partial charge on any atom is 0.167 e. The lowest BCUT2D eigenvalue weighted by Gasteiger charge is -2.03. The van der Waals surface area contributed by atoms with Crippen molar-refractivity contribution in [2.45, 2.75) is 0 Å². The monoisotopic (exact) mass is 301 g/mol. The van der Waals surface area contributed by atoms with Gasteiger partial charge in [0.1, 0.15) is 11.4 Å². The number of hydrogen-bond acceptors (Lipinski definition) is 3. The van der Waals surface area contributed by atoms with Crippen LogP contribution in [0, 0.1) is 0 Å². The summed E-state index contributed by atoms with van der Waals surface area (Å²) in [6, 6.07) is 24.2. The Kier molecular flexibility index (Phi) is 3.31. The Bertz CT molecular complexity index is 958. The van der Waals surface area contributed by atoms with E-state index in [9.17, 15) is 0 Å². The van der Waals surface area contributed by atoms with Crippen molar-refractivity contribution >= 4 is 10.8 Å². The zero-order valence-electron chi connectivity index (χ0n) is 12.7. The van der Waals surface area contributed by atoms with Gasteiger partial charge in [0.2, 0.25) is 0 Å². The SMILES string of the molecule is COc1ccc2cc(-c3cc(-c4ccccc4)no3)ccc2c1. The van der Waals surface area contributed by atoms with Crippen molar-refractivity contribution in [2.24, 2.45) is 0 Å². The van der Waals surface area contributed by atoms with Gasteiger partial charge in [-0.25, -0.2) is 0 Å². The minimum absolute atomic E-state index is 0.765. The summed E-state index contributed by atoms with van der Waals surface area (Å²) in [6.07, 6.45) is 0. The summed E-state index contributed by atoms with van der Waals surface area (Å²) in [4.78, 5) is 0. The van der Waals surface area contributed by atoms with Crippen molar-refractivity contribution in [3.8, 4) is 28.3 Å². The minimum atomic E-state index is 0.765. The van der Waals surface area contributed by atoms with Gasteiger partial charge in [-0.2, -0.15) is 0 Å². The Labute approximate surface area is 134 Å². The van der Waals surface area contributed by atoms with E-state index >= 15 is 0 Å². The Morgan fingerprint density at radius 1 is 0.783 bits per heavy atom. The van der Waals surface area contributed by atoms with Crippen LogP contribution in [0.1, 0.15) is 0 Å². The fraction of sp³-hybridized carbons (Fsp3) is 0.0500. The average Bonchev–Trinajstić information content (AvgIpc) is 3.11. The van der Waals surface area contributed by atoms with Crippen LogP contribution < -0.4 is 4.74 Å². The van der Waals surface area contributed by atoms with E-state index < -0.39 is 0 Å². The van der Waals surface area contributed by atoms with Crippen molar-refractivity contribution in [2.75, 3.05) is 7.11 Å². The van der Waals surface area contributed by atoms with Gasteiger partial charge in [0.05, 0.1) is 7.11 Å². The van der Waals surface area contributed by atoms with E-state index in [0.29, 0.717) is 0 Å². The zero-order valence-corrected chi connectivity index (χ0v) is 12.7. The third kappa shape index (κ3) is 2.57. The molecule has 4 rings (SSSR count). The van der Waals surface area contributed by atoms with Gasteiger partial charge in [-0.15, -0.1) is 0 Å². The summed E-state index contributed by atoms with van der Waals surface area (Å²) in [5.74, 6) is 1.62. The molecule has 3 heteroatoms. The molecule has 112 valence electrons. The molecule has 0 aliphatic rings. The van der Waals surface area contributed by atoms with E-state index in [1.165, 1.54) is 0 Å². The molecule has 0 spiro atoms. The maximum absolute atomic E-state index is 5.52. The van der Waals surface area contributed by atoms with Gasteiger partial charge in [-0.3, -0.25) is 0 Å². The van der Waals surface area contributed by atoms with Gasteiger partial charge in [-0.05, 0) is 29.0 Å². The third-order valence-electron chi connectivity index (χ3n) is 3.91. The first-order chi connectivity index (χ1) is 11.3. The van der Waals surface area contributed by atoms with Crippen LogP contribution in [0.15, 0.2) is 77.3 Å². The highest BCUT2D eigenvalue weighted by atomic mass is 16.5. The molecule has 0 aliphatic heterocycles. The van der Waals surface area contributed by atoms with E-state index in [2.05, 4.69) is 17.3 Å². The Morgan fingerprint density at radius 3 is 2.39 bits per heavy atom. The zero-order chi connectivity index (χ0) is 15.6. The van der Waals surface area contributed by atoms with E-state index in [1.807, 2.05) is 60.7 Å². The molecule has 1 aromatic heterocycles. The average molecular weight is 301 g/mol.